The van der Waals surface area contributed by atoms with E-state index in [9.17, 15) is 0 Å². The highest BCUT2D eigenvalue weighted by Gasteiger charge is 2.12. The zero-order chi connectivity index (χ0) is 10.7. The predicted molar refractivity (Wildman–Crippen MR) is 66.4 cm³/mol. The van der Waals surface area contributed by atoms with Gasteiger partial charge in [-0.2, -0.15) is 11.8 Å². The third kappa shape index (κ3) is 2.63. The molecule has 1 aromatic heterocycles. The molecule has 2 rings (SSSR count). The molecule has 0 saturated carbocycles. The van der Waals surface area contributed by atoms with Gasteiger partial charge in [-0.15, -0.1) is 0 Å². The monoisotopic (exact) mass is 223 g/mol. The van der Waals surface area contributed by atoms with E-state index in [-0.39, 0.29) is 6.04 Å². The van der Waals surface area contributed by atoms with Gasteiger partial charge in [-0.05, 0) is 24.6 Å². The molecule has 1 saturated heterocycles. The first kappa shape index (κ1) is 10.8. The topological polar surface area (TPSA) is 42.1 Å². The molecule has 1 aliphatic heterocycles. The molecule has 0 amide bonds. The van der Waals surface area contributed by atoms with Crippen LogP contribution in [0.4, 0.5) is 5.82 Å². The molecule has 1 fully saturated rings. The number of aromatic nitrogens is 1. The lowest BCUT2D eigenvalue weighted by Crippen LogP contribution is -2.33. The first-order valence-corrected chi connectivity index (χ1v) is 6.47. The van der Waals surface area contributed by atoms with Crippen molar-refractivity contribution >= 4 is 17.6 Å². The van der Waals surface area contributed by atoms with Gasteiger partial charge >= 0.3 is 0 Å². The van der Waals surface area contributed by atoms with Gasteiger partial charge in [0.25, 0.3) is 0 Å². The van der Waals surface area contributed by atoms with E-state index in [1.165, 1.54) is 17.1 Å². The fraction of sp³-hybridized carbons (Fsp3) is 0.545. The van der Waals surface area contributed by atoms with Crippen LogP contribution in [0, 0.1) is 0 Å². The summed E-state index contributed by atoms with van der Waals surface area (Å²) in [4.78, 5) is 6.74. The summed E-state index contributed by atoms with van der Waals surface area (Å²) in [6.45, 7) is 4.20. The summed E-state index contributed by atoms with van der Waals surface area (Å²) >= 11 is 2.01. The molecule has 1 aliphatic rings. The highest BCUT2D eigenvalue weighted by Crippen LogP contribution is 2.19. The summed E-state index contributed by atoms with van der Waals surface area (Å²) in [6.07, 6.45) is 1.86. The van der Waals surface area contributed by atoms with Gasteiger partial charge in [-0.25, -0.2) is 4.98 Å². The van der Waals surface area contributed by atoms with Crippen molar-refractivity contribution in [3.63, 3.8) is 0 Å². The average Bonchev–Trinajstić information content (AvgIpc) is 2.30. The van der Waals surface area contributed by atoms with Crippen LogP contribution in [-0.4, -0.2) is 29.6 Å². The molecule has 3 nitrogen and oxygen atoms in total. The van der Waals surface area contributed by atoms with Crippen LogP contribution in [0.15, 0.2) is 18.3 Å². The second kappa shape index (κ2) is 4.86. The van der Waals surface area contributed by atoms with Crippen LogP contribution in [-0.2, 0) is 0 Å². The number of rotatable bonds is 2. The molecule has 0 spiro atoms. The highest BCUT2D eigenvalue weighted by molar-refractivity contribution is 7.99. The summed E-state index contributed by atoms with van der Waals surface area (Å²) in [5.41, 5.74) is 7.03. The Bertz CT molecular complexity index is 321. The van der Waals surface area contributed by atoms with Crippen molar-refractivity contribution in [1.82, 2.24) is 4.98 Å². The van der Waals surface area contributed by atoms with E-state index < -0.39 is 0 Å². The van der Waals surface area contributed by atoms with Crippen molar-refractivity contribution < 1.29 is 0 Å². The predicted octanol–water partition coefficient (Wildman–Crippen LogP) is 1.65. The Morgan fingerprint density at radius 2 is 2.20 bits per heavy atom. The summed E-state index contributed by atoms with van der Waals surface area (Å²) < 4.78 is 0. The number of pyridine rings is 1. The Hall–Kier alpha value is -0.740. The second-order valence-corrected chi connectivity index (χ2v) is 5.06. The van der Waals surface area contributed by atoms with Crippen molar-refractivity contribution in [2.45, 2.75) is 13.0 Å². The zero-order valence-corrected chi connectivity index (χ0v) is 9.83. The maximum Gasteiger partial charge on any atom is 0.128 e. The Morgan fingerprint density at radius 1 is 1.47 bits per heavy atom. The van der Waals surface area contributed by atoms with E-state index in [0.717, 1.165) is 18.9 Å². The Kier molecular flexibility index (Phi) is 3.49. The number of hydrogen-bond acceptors (Lipinski definition) is 4. The molecule has 4 heteroatoms. The van der Waals surface area contributed by atoms with Crippen LogP contribution in [0.25, 0.3) is 0 Å². The maximum absolute atomic E-state index is 5.86. The second-order valence-electron chi connectivity index (χ2n) is 3.84. The molecule has 0 aliphatic carbocycles. The van der Waals surface area contributed by atoms with Crippen molar-refractivity contribution in [1.29, 1.82) is 0 Å². The third-order valence-electron chi connectivity index (χ3n) is 2.63. The number of nitrogens with zero attached hydrogens (tertiary/aromatic N) is 2. The van der Waals surface area contributed by atoms with Gasteiger partial charge < -0.3 is 10.6 Å². The summed E-state index contributed by atoms with van der Waals surface area (Å²) in [5, 5.41) is 0. The van der Waals surface area contributed by atoms with Gasteiger partial charge in [0.05, 0.1) is 0 Å². The zero-order valence-electron chi connectivity index (χ0n) is 9.02. The van der Waals surface area contributed by atoms with Gasteiger partial charge in [-0.3, -0.25) is 0 Å². The fourth-order valence-electron chi connectivity index (χ4n) is 1.68. The Balaban J connectivity index is 2.16. The van der Waals surface area contributed by atoms with E-state index in [1.54, 1.807) is 0 Å². The van der Waals surface area contributed by atoms with Crippen LogP contribution in [0.1, 0.15) is 18.5 Å². The van der Waals surface area contributed by atoms with E-state index in [4.69, 9.17) is 5.73 Å². The maximum atomic E-state index is 5.86. The molecule has 1 atom stereocenters. The largest absolute Gasteiger partial charge is 0.355 e. The highest BCUT2D eigenvalue weighted by atomic mass is 32.2. The van der Waals surface area contributed by atoms with Gasteiger partial charge in [-0.1, -0.05) is 0 Å². The molecule has 1 unspecified atom stereocenters. The minimum Gasteiger partial charge on any atom is -0.355 e. The summed E-state index contributed by atoms with van der Waals surface area (Å²) in [5.74, 6) is 3.47. The van der Waals surface area contributed by atoms with Gasteiger partial charge in [0.15, 0.2) is 0 Å². The van der Waals surface area contributed by atoms with Crippen LogP contribution in [0.2, 0.25) is 0 Å². The molecule has 2 N–H and O–H groups in total. The minimum atomic E-state index is 0.0888. The lowest BCUT2D eigenvalue weighted by atomic mass is 10.1. The molecular weight excluding hydrogens is 206 g/mol. The van der Waals surface area contributed by atoms with Crippen molar-refractivity contribution in [2.75, 3.05) is 29.5 Å². The Labute approximate surface area is 95.1 Å². The lowest BCUT2D eigenvalue weighted by molar-refractivity contribution is 0.800. The molecule has 0 radical (unpaired) electrons. The molecular formula is C11H17N3S. The molecule has 82 valence electrons. The standard InChI is InChI=1S/C11H17N3S/c1-9(12)10-2-3-13-11(8-10)14-4-6-15-7-5-14/h2-3,8-9H,4-7,12H2,1H3. The van der Waals surface area contributed by atoms with Crippen molar-refractivity contribution in [2.24, 2.45) is 5.73 Å². The third-order valence-corrected chi connectivity index (χ3v) is 3.57. The van der Waals surface area contributed by atoms with Crippen LogP contribution >= 0.6 is 11.8 Å². The van der Waals surface area contributed by atoms with E-state index in [1.807, 2.05) is 30.9 Å². The average molecular weight is 223 g/mol. The van der Waals surface area contributed by atoms with E-state index in [0.29, 0.717) is 0 Å². The van der Waals surface area contributed by atoms with Crippen molar-refractivity contribution in [3.8, 4) is 0 Å². The van der Waals surface area contributed by atoms with Gasteiger partial charge in [0.1, 0.15) is 5.82 Å². The molecule has 1 aromatic rings. The fourth-order valence-corrected chi connectivity index (χ4v) is 2.59. The van der Waals surface area contributed by atoms with E-state index >= 15 is 0 Å². The number of anilines is 1. The SMILES string of the molecule is CC(N)c1ccnc(N2CCSCC2)c1. The number of hydrogen-bond donors (Lipinski definition) is 1. The first-order chi connectivity index (χ1) is 7.27. The quantitative estimate of drug-likeness (QED) is 0.828. The molecule has 15 heavy (non-hydrogen) atoms. The van der Waals surface area contributed by atoms with Crippen LogP contribution in [0.5, 0.6) is 0 Å². The van der Waals surface area contributed by atoms with Gasteiger partial charge in [0, 0.05) is 36.8 Å². The summed E-state index contributed by atoms with van der Waals surface area (Å²) in [6, 6.07) is 4.19. The van der Waals surface area contributed by atoms with Crippen LogP contribution in [0.3, 0.4) is 0 Å². The van der Waals surface area contributed by atoms with Crippen molar-refractivity contribution in [3.05, 3.63) is 23.9 Å². The minimum absolute atomic E-state index is 0.0888. The number of nitrogens with two attached hydrogens (primary N) is 1. The first-order valence-electron chi connectivity index (χ1n) is 5.31. The van der Waals surface area contributed by atoms with E-state index in [2.05, 4.69) is 16.0 Å². The normalized spacial score (nSPS) is 18.9. The number of thioether (sulfide) groups is 1. The molecule has 0 bridgehead atoms. The molecule has 0 aromatic carbocycles. The van der Waals surface area contributed by atoms with Crippen LogP contribution < -0.4 is 10.6 Å². The smallest absolute Gasteiger partial charge is 0.128 e. The summed E-state index contributed by atoms with van der Waals surface area (Å²) in [7, 11) is 0. The lowest BCUT2D eigenvalue weighted by Gasteiger charge is -2.27. The molecule has 2 heterocycles. The van der Waals surface area contributed by atoms with Gasteiger partial charge in [0.2, 0.25) is 0 Å². The Morgan fingerprint density at radius 3 is 2.87 bits per heavy atom.